The van der Waals surface area contributed by atoms with E-state index in [2.05, 4.69) is 10.5 Å². The van der Waals surface area contributed by atoms with Crippen molar-refractivity contribution in [2.24, 2.45) is 5.10 Å². The Bertz CT molecular complexity index is 1290. The van der Waals surface area contributed by atoms with Crippen LogP contribution in [0.25, 0.3) is 0 Å². The summed E-state index contributed by atoms with van der Waals surface area (Å²) in [5, 5.41) is 15.0. The molecule has 0 heterocycles. The van der Waals surface area contributed by atoms with E-state index < -0.39 is 22.9 Å². The maximum atomic E-state index is 12.5. The molecule has 0 bridgehead atoms. The minimum atomic E-state index is -1.04. The van der Waals surface area contributed by atoms with Gasteiger partial charge in [-0.1, -0.05) is 12.1 Å². The largest absolute Gasteiger partial charge is 0.497 e. The number of hydrazone groups is 1. The first-order valence-corrected chi connectivity index (χ1v) is 11.2. The number of hydrogen-bond acceptors (Lipinski definition) is 9. The van der Waals surface area contributed by atoms with E-state index in [1.165, 1.54) is 38.4 Å². The van der Waals surface area contributed by atoms with Crippen LogP contribution >= 0.6 is 0 Å². The Morgan fingerprint density at radius 3 is 2.46 bits per heavy atom. The number of amides is 1. The van der Waals surface area contributed by atoms with Gasteiger partial charge in [-0.3, -0.25) is 14.9 Å². The SMILES string of the molecule is CCOc1cc(C=NNC(=O)C(C)Oc2ccccc2[N+](=O)[O-])ccc1OC(=O)c1ccc(OC)cc1. The number of nitro groups is 1. The lowest BCUT2D eigenvalue weighted by Crippen LogP contribution is -2.33. The topological polar surface area (TPSA) is 139 Å². The fraction of sp³-hybridized carbons (Fsp3) is 0.192. The average molecular weight is 507 g/mol. The first kappa shape index (κ1) is 26.7. The monoisotopic (exact) mass is 507 g/mol. The first-order valence-electron chi connectivity index (χ1n) is 11.2. The Labute approximate surface area is 212 Å². The highest BCUT2D eigenvalue weighted by Gasteiger charge is 2.20. The molecule has 1 unspecified atom stereocenters. The number of rotatable bonds is 11. The van der Waals surface area contributed by atoms with Gasteiger partial charge in [0.1, 0.15) is 5.75 Å². The van der Waals surface area contributed by atoms with Crippen LogP contribution in [0.2, 0.25) is 0 Å². The maximum Gasteiger partial charge on any atom is 0.343 e. The Morgan fingerprint density at radius 1 is 1.05 bits per heavy atom. The molecule has 0 fully saturated rings. The molecular formula is C26H25N3O8. The minimum absolute atomic E-state index is 0.0275. The zero-order chi connectivity index (χ0) is 26.8. The van der Waals surface area contributed by atoms with Crippen molar-refractivity contribution in [3.8, 4) is 23.0 Å². The summed E-state index contributed by atoms with van der Waals surface area (Å²) >= 11 is 0. The van der Waals surface area contributed by atoms with E-state index >= 15 is 0 Å². The van der Waals surface area contributed by atoms with Crippen LogP contribution in [0.5, 0.6) is 23.0 Å². The van der Waals surface area contributed by atoms with Gasteiger partial charge in [0.25, 0.3) is 5.91 Å². The van der Waals surface area contributed by atoms with Crippen molar-refractivity contribution in [1.82, 2.24) is 5.43 Å². The van der Waals surface area contributed by atoms with Crippen LogP contribution in [0.15, 0.2) is 71.8 Å². The molecule has 0 saturated carbocycles. The van der Waals surface area contributed by atoms with E-state index in [-0.39, 0.29) is 17.2 Å². The Balaban J connectivity index is 1.64. The maximum absolute atomic E-state index is 12.5. The number of carbonyl (C=O) groups excluding carboxylic acids is 2. The molecule has 3 aromatic rings. The normalized spacial score (nSPS) is 11.4. The number of nitrogens with one attached hydrogen (secondary N) is 1. The summed E-state index contributed by atoms with van der Waals surface area (Å²) in [6, 6.07) is 17.0. The molecule has 3 rings (SSSR count). The molecule has 0 aliphatic carbocycles. The van der Waals surface area contributed by atoms with E-state index in [4.69, 9.17) is 18.9 Å². The van der Waals surface area contributed by atoms with E-state index in [1.54, 1.807) is 55.5 Å². The van der Waals surface area contributed by atoms with Gasteiger partial charge in [-0.2, -0.15) is 5.10 Å². The minimum Gasteiger partial charge on any atom is -0.497 e. The van der Waals surface area contributed by atoms with Gasteiger partial charge in [-0.15, -0.1) is 0 Å². The molecule has 0 aromatic heterocycles. The molecular weight excluding hydrogens is 482 g/mol. The molecule has 0 aliphatic heterocycles. The standard InChI is InChI=1S/C26H25N3O8/c1-4-35-24-15-18(9-14-23(24)37-26(31)19-10-12-20(34-3)13-11-19)16-27-28-25(30)17(2)36-22-8-6-5-7-21(22)29(32)33/h5-17H,4H2,1-3H3,(H,28,30). The van der Waals surface area contributed by atoms with Gasteiger partial charge in [-0.25, -0.2) is 10.2 Å². The quantitative estimate of drug-likeness (QED) is 0.134. The predicted molar refractivity (Wildman–Crippen MR) is 134 cm³/mol. The van der Waals surface area contributed by atoms with Crippen molar-refractivity contribution in [1.29, 1.82) is 0 Å². The number of carbonyl (C=O) groups is 2. The number of nitro benzene ring substituents is 1. The lowest BCUT2D eigenvalue weighted by molar-refractivity contribution is -0.386. The van der Waals surface area contributed by atoms with Crippen molar-refractivity contribution < 1.29 is 33.5 Å². The van der Waals surface area contributed by atoms with Crippen molar-refractivity contribution in [2.45, 2.75) is 20.0 Å². The highest BCUT2D eigenvalue weighted by atomic mass is 16.6. The second-order valence-corrected chi connectivity index (χ2v) is 7.48. The molecule has 11 heteroatoms. The van der Waals surface area contributed by atoms with Gasteiger partial charge in [-0.05, 0) is 67.9 Å². The fourth-order valence-electron chi connectivity index (χ4n) is 3.06. The molecule has 37 heavy (non-hydrogen) atoms. The van der Waals surface area contributed by atoms with E-state index in [1.807, 2.05) is 0 Å². The van der Waals surface area contributed by atoms with E-state index in [0.29, 0.717) is 29.2 Å². The Morgan fingerprint density at radius 2 is 1.78 bits per heavy atom. The van der Waals surface area contributed by atoms with Gasteiger partial charge in [0, 0.05) is 6.07 Å². The summed E-state index contributed by atoms with van der Waals surface area (Å²) in [4.78, 5) is 35.4. The fourth-order valence-corrected chi connectivity index (χ4v) is 3.06. The van der Waals surface area contributed by atoms with Crippen LogP contribution in [0, 0.1) is 10.1 Å². The number of benzene rings is 3. The van der Waals surface area contributed by atoms with Crippen LogP contribution in [-0.2, 0) is 4.79 Å². The molecule has 1 atom stereocenters. The predicted octanol–water partition coefficient (Wildman–Crippen LogP) is 4.14. The summed E-state index contributed by atoms with van der Waals surface area (Å²) in [7, 11) is 1.53. The summed E-state index contributed by atoms with van der Waals surface area (Å²) in [6.07, 6.45) is 0.324. The Hall–Kier alpha value is -4.93. The van der Waals surface area contributed by atoms with Crippen molar-refractivity contribution >= 4 is 23.8 Å². The molecule has 0 radical (unpaired) electrons. The second-order valence-electron chi connectivity index (χ2n) is 7.48. The number of hydrogen-bond donors (Lipinski definition) is 1. The van der Waals surface area contributed by atoms with Gasteiger partial charge in [0.05, 0.1) is 30.4 Å². The van der Waals surface area contributed by atoms with E-state index in [0.717, 1.165) is 0 Å². The summed E-state index contributed by atoms with van der Waals surface area (Å²) < 4.78 is 21.6. The third-order valence-electron chi connectivity index (χ3n) is 4.92. The summed E-state index contributed by atoms with van der Waals surface area (Å²) in [6.45, 7) is 3.56. The Kier molecular flexibility index (Phi) is 9.14. The highest BCUT2D eigenvalue weighted by molar-refractivity contribution is 5.92. The number of ether oxygens (including phenoxy) is 4. The van der Waals surface area contributed by atoms with Crippen LogP contribution in [-0.4, -0.2) is 42.8 Å². The smallest absolute Gasteiger partial charge is 0.343 e. The highest BCUT2D eigenvalue weighted by Crippen LogP contribution is 2.29. The van der Waals surface area contributed by atoms with Gasteiger partial charge in [0.15, 0.2) is 23.4 Å². The van der Waals surface area contributed by atoms with Crippen molar-refractivity contribution in [3.63, 3.8) is 0 Å². The number of para-hydroxylation sites is 2. The third kappa shape index (κ3) is 7.28. The van der Waals surface area contributed by atoms with Crippen LogP contribution in [0.3, 0.4) is 0 Å². The molecule has 0 saturated heterocycles. The number of nitrogens with zero attached hydrogens (tertiary/aromatic N) is 2. The first-order chi connectivity index (χ1) is 17.8. The van der Waals surface area contributed by atoms with E-state index in [9.17, 15) is 19.7 Å². The lowest BCUT2D eigenvalue weighted by atomic mass is 10.2. The second kappa shape index (κ2) is 12.7. The van der Waals surface area contributed by atoms with Crippen LogP contribution in [0.4, 0.5) is 5.69 Å². The molecule has 3 aromatic carbocycles. The molecule has 1 N–H and O–H groups in total. The summed E-state index contributed by atoms with van der Waals surface area (Å²) in [5.41, 5.74) is 2.98. The zero-order valence-corrected chi connectivity index (χ0v) is 20.4. The van der Waals surface area contributed by atoms with Crippen molar-refractivity contribution in [3.05, 3.63) is 88.0 Å². The summed E-state index contributed by atoms with van der Waals surface area (Å²) in [5.74, 6) is -0.0534. The number of esters is 1. The van der Waals surface area contributed by atoms with Crippen LogP contribution in [0.1, 0.15) is 29.8 Å². The lowest BCUT2D eigenvalue weighted by Gasteiger charge is -2.13. The van der Waals surface area contributed by atoms with Gasteiger partial charge in [0.2, 0.25) is 0 Å². The molecule has 0 spiro atoms. The van der Waals surface area contributed by atoms with Gasteiger partial charge >= 0.3 is 11.7 Å². The average Bonchev–Trinajstić information content (AvgIpc) is 2.90. The zero-order valence-electron chi connectivity index (χ0n) is 20.4. The number of methoxy groups -OCH3 is 1. The van der Waals surface area contributed by atoms with Crippen LogP contribution < -0.4 is 24.4 Å². The molecule has 0 aliphatic rings. The molecule has 1 amide bonds. The molecule has 192 valence electrons. The van der Waals surface area contributed by atoms with Gasteiger partial charge < -0.3 is 18.9 Å². The van der Waals surface area contributed by atoms with Crippen molar-refractivity contribution in [2.75, 3.05) is 13.7 Å². The third-order valence-corrected chi connectivity index (χ3v) is 4.92. The molecule has 11 nitrogen and oxygen atoms in total.